The van der Waals surface area contributed by atoms with Crippen LogP contribution in [0, 0.1) is 0 Å². The number of ether oxygens (including phenoxy) is 1. The van der Waals surface area contributed by atoms with E-state index in [2.05, 4.69) is 17.1 Å². The molecule has 0 bridgehead atoms. The highest BCUT2D eigenvalue weighted by Crippen LogP contribution is 2.16. The normalized spacial score (nSPS) is 15.1. The molecule has 4 nitrogen and oxygen atoms in total. The molecule has 0 aliphatic carbocycles. The highest BCUT2D eigenvalue weighted by atomic mass is 16.5. The fourth-order valence-corrected chi connectivity index (χ4v) is 1.64. The highest BCUT2D eigenvalue weighted by Gasteiger charge is 2.09. The summed E-state index contributed by atoms with van der Waals surface area (Å²) < 4.78 is 5.53. The number of hydrogen-bond acceptors (Lipinski definition) is 4. The Kier molecular flexibility index (Phi) is 3.75. The maximum atomic E-state index is 5.58. The van der Waals surface area contributed by atoms with Gasteiger partial charge in [-0.05, 0) is 42.7 Å². The molecule has 1 aliphatic rings. The van der Waals surface area contributed by atoms with Crippen molar-refractivity contribution in [1.82, 2.24) is 0 Å². The summed E-state index contributed by atoms with van der Waals surface area (Å²) >= 11 is 0. The molecule has 90 valence electrons. The molecule has 1 heterocycles. The molecule has 1 aromatic rings. The van der Waals surface area contributed by atoms with Gasteiger partial charge in [-0.15, -0.1) is 5.10 Å². The summed E-state index contributed by atoms with van der Waals surface area (Å²) in [6, 6.07) is 7.96. The molecule has 2 N–H and O–H groups in total. The van der Waals surface area contributed by atoms with Gasteiger partial charge in [-0.2, -0.15) is 5.10 Å². The first-order valence-corrected chi connectivity index (χ1v) is 5.91. The summed E-state index contributed by atoms with van der Waals surface area (Å²) in [6.07, 6.45) is 2.65. The van der Waals surface area contributed by atoms with Gasteiger partial charge in [-0.25, -0.2) is 0 Å². The third-order valence-electron chi connectivity index (χ3n) is 2.58. The van der Waals surface area contributed by atoms with Crippen LogP contribution in [-0.4, -0.2) is 18.2 Å². The summed E-state index contributed by atoms with van der Waals surface area (Å²) in [4.78, 5) is 0. The number of hydrogen-bond donors (Lipinski definition) is 1. The molecule has 0 saturated carbocycles. The van der Waals surface area contributed by atoms with Crippen molar-refractivity contribution >= 4 is 11.5 Å². The van der Waals surface area contributed by atoms with E-state index in [0.29, 0.717) is 5.84 Å². The lowest BCUT2D eigenvalue weighted by molar-refractivity contribution is 0.317. The van der Waals surface area contributed by atoms with Crippen LogP contribution in [0.3, 0.4) is 0 Å². The Hall–Kier alpha value is -1.84. The predicted octanol–water partition coefficient (Wildman–Crippen LogP) is 2.33. The largest absolute Gasteiger partial charge is 0.494 e. The minimum Gasteiger partial charge on any atom is -0.494 e. The second kappa shape index (κ2) is 5.48. The van der Waals surface area contributed by atoms with Crippen molar-refractivity contribution < 1.29 is 4.74 Å². The van der Waals surface area contributed by atoms with Gasteiger partial charge in [0, 0.05) is 6.42 Å². The average molecular weight is 231 g/mol. The molecule has 0 atom stereocenters. The highest BCUT2D eigenvalue weighted by molar-refractivity contribution is 6.04. The van der Waals surface area contributed by atoms with Crippen LogP contribution in [0.25, 0.3) is 0 Å². The second-order valence-electron chi connectivity index (χ2n) is 4.01. The minimum atomic E-state index is 0.608. The van der Waals surface area contributed by atoms with Gasteiger partial charge in [0.2, 0.25) is 0 Å². The molecule has 0 amide bonds. The fraction of sp³-hybridized carbons (Fsp3) is 0.385. The lowest BCUT2D eigenvalue weighted by Gasteiger charge is -2.10. The first kappa shape index (κ1) is 11.6. The third kappa shape index (κ3) is 3.06. The average Bonchev–Trinajstić information content (AvgIpc) is 2.38. The van der Waals surface area contributed by atoms with E-state index in [9.17, 15) is 0 Å². The van der Waals surface area contributed by atoms with Gasteiger partial charge in [0.05, 0.1) is 12.3 Å². The predicted molar refractivity (Wildman–Crippen MR) is 69.6 cm³/mol. The molecule has 4 heteroatoms. The van der Waals surface area contributed by atoms with Crippen molar-refractivity contribution in [1.29, 1.82) is 0 Å². The molecule has 1 aliphatic heterocycles. The van der Waals surface area contributed by atoms with Gasteiger partial charge >= 0.3 is 0 Å². The van der Waals surface area contributed by atoms with Crippen LogP contribution in [0.2, 0.25) is 0 Å². The summed E-state index contributed by atoms with van der Waals surface area (Å²) in [7, 11) is 0. The van der Waals surface area contributed by atoms with E-state index in [1.165, 1.54) is 0 Å². The summed E-state index contributed by atoms with van der Waals surface area (Å²) in [5.41, 5.74) is 7.65. The molecule has 0 aromatic heterocycles. The van der Waals surface area contributed by atoms with E-state index in [1.54, 1.807) is 0 Å². The van der Waals surface area contributed by atoms with E-state index in [1.807, 2.05) is 24.3 Å². The van der Waals surface area contributed by atoms with E-state index < -0.39 is 0 Å². The molecule has 0 saturated heterocycles. The Morgan fingerprint density at radius 1 is 1.18 bits per heavy atom. The quantitative estimate of drug-likeness (QED) is 0.864. The van der Waals surface area contributed by atoms with Crippen molar-refractivity contribution in [3.8, 4) is 5.75 Å². The number of benzene rings is 1. The number of nitrogens with two attached hydrogens (primary N) is 1. The van der Waals surface area contributed by atoms with Crippen LogP contribution in [0.1, 0.15) is 31.7 Å². The molecule has 2 rings (SSSR count). The van der Waals surface area contributed by atoms with E-state index in [0.717, 1.165) is 42.9 Å². The maximum absolute atomic E-state index is 5.58. The smallest absolute Gasteiger partial charge is 0.122 e. The van der Waals surface area contributed by atoms with Gasteiger partial charge in [0.1, 0.15) is 11.6 Å². The van der Waals surface area contributed by atoms with Crippen LogP contribution in [0.15, 0.2) is 34.5 Å². The Morgan fingerprint density at radius 2 is 1.94 bits per heavy atom. The zero-order chi connectivity index (χ0) is 12.1. The van der Waals surface area contributed by atoms with Crippen molar-refractivity contribution in [2.75, 3.05) is 6.61 Å². The fourth-order valence-electron chi connectivity index (χ4n) is 1.64. The lowest BCUT2D eigenvalue weighted by atomic mass is 10.0. The number of rotatable bonds is 4. The van der Waals surface area contributed by atoms with Crippen LogP contribution in [-0.2, 0) is 0 Å². The zero-order valence-corrected chi connectivity index (χ0v) is 10.0. The monoisotopic (exact) mass is 231 g/mol. The molecular weight excluding hydrogens is 214 g/mol. The molecule has 0 radical (unpaired) electrons. The van der Waals surface area contributed by atoms with Gasteiger partial charge in [-0.1, -0.05) is 6.92 Å². The van der Waals surface area contributed by atoms with Crippen molar-refractivity contribution in [3.63, 3.8) is 0 Å². The topological polar surface area (TPSA) is 60.0 Å². The minimum absolute atomic E-state index is 0.608. The second-order valence-corrected chi connectivity index (χ2v) is 4.01. The molecular formula is C13H17N3O. The maximum Gasteiger partial charge on any atom is 0.122 e. The van der Waals surface area contributed by atoms with Gasteiger partial charge < -0.3 is 10.5 Å². The van der Waals surface area contributed by atoms with Crippen LogP contribution >= 0.6 is 0 Å². The van der Waals surface area contributed by atoms with Crippen LogP contribution in [0.5, 0.6) is 5.75 Å². The molecule has 0 fully saturated rings. The zero-order valence-electron chi connectivity index (χ0n) is 10.0. The van der Waals surface area contributed by atoms with Crippen molar-refractivity contribution in [2.24, 2.45) is 15.9 Å². The van der Waals surface area contributed by atoms with Crippen LogP contribution in [0.4, 0.5) is 0 Å². The van der Waals surface area contributed by atoms with E-state index in [-0.39, 0.29) is 0 Å². The summed E-state index contributed by atoms with van der Waals surface area (Å²) in [5, 5.41) is 8.02. The standard InChI is InChI=1S/C13H17N3O/c1-2-9-17-11-5-3-10(4-6-11)12-7-8-13(14)16-15-12/h3-6H,2,7-9H2,1H3,(H2,14,16). The molecule has 0 spiro atoms. The van der Waals surface area contributed by atoms with Crippen molar-refractivity contribution in [2.45, 2.75) is 26.2 Å². The first-order valence-electron chi connectivity index (χ1n) is 5.91. The molecule has 17 heavy (non-hydrogen) atoms. The molecule has 1 aromatic carbocycles. The van der Waals surface area contributed by atoms with Crippen molar-refractivity contribution in [3.05, 3.63) is 29.8 Å². The number of amidine groups is 1. The van der Waals surface area contributed by atoms with Gasteiger partial charge in [0.25, 0.3) is 0 Å². The molecule has 0 unspecified atom stereocenters. The van der Waals surface area contributed by atoms with E-state index in [4.69, 9.17) is 10.5 Å². The summed E-state index contributed by atoms with van der Waals surface area (Å²) in [5.74, 6) is 1.51. The third-order valence-corrected chi connectivity index (χ3v) is 2.58. The lowest BCUT2D eigenvalue weighted by Crippen LogP contribution is -2.17. The van der Waals surface area contributed by atoms with Crippen LogP contribution < -0.4 is 10.5 Å². The van der Waals surface area contributed by atoms with Gasteiger partial charge in [-0.3, -0.25) is 0 Å². The Labute approximate surface area is 101 Å². The summed E-state index contributed by atoms with van der Waals surface area (Å²) in [6.45, 7) is 2.84. The SMILES string of the molecule is CCCOc1ccc(C2=NN=C(N)CC2)cc1. The van der Waals surface area contributed by atoms with Gasteiger partial charge in [0.15, 0.2) is 0 Å². The first-order chi connectivity index (χ1) is 8.29. The Balaban J connectivity index is 2.08. The Bertz CT molecular complexity index is 434. The Morgan fingerprint density at radius 3 is 2.53 bits per heavy atom. The number of nitrogens with zero attached hydrogens (tertiary/aromatic N) is 2. The van der Waals surface area contributed by atoms with E-state index >= 15 is 0 Å².